The first-order valence-corrected chi connectivity index (χ1v) is 15.7. The molecular weight excluding hydrogens is 604 g/mol. The summed E-state index contributed by atoms with van der Waals surface area (Å²) in [6.07, 6.45) is 0. The van der Waals surface area contributed by atoms with Gasteiger partial charge in [0.25, 0.3) is 23.6 Å². The number of carbonyl (C=O) groups is 4. The lowest BCUT2D eigenvalue weighted by molar-refractivity contribution is 0.0877. The topological polar surface area (TPSA) is 93.2 Å². The molecule has 7 aromatic rings. The molecule has 0 N–H and O–H groups in total. The van der Waals surface area contributed by atoms with Crippen molar-refractivity contribution in [2.45, 2.75) is 13.5 Å². The first-order valence-electron chi connectivity index (χ1n) is 15.7. The van der Waals surface area contributed by atoms with Crippen molar-refractivity contribution in [3.05, 3.63) is 125 Å². The number of imide groups is 2. The summed E-state index contributed by atoms with van der Waals surface area (Å²) in [6.45, 7) is 2.83. The van der Waals surface area contributed by atoms with Gasteiger partial charge in [0.15, 0.2) is 0 Å². The van der Waals surface area contributed by atoms with Crippen molar-refractivity contribution < 1.29 is 28.7 Å². The van der Waals surface area contributed by atoms with Crippen molar-refractivity contribution >= 4 is 78.1 Å². The monoisotopic (exact) mass is 630 g/mol. The van der Waals surface area contributed by atoms with E-state index >= 15 is 0 Å². The van der Waals surface area contributed by atoms with Crippen LogP contribution in [0.15, 0.2) is 97.1 Å². The predicted octanol–water partition coefficient (Wildman–Crippen LogP) is 7.88. The molecule has 0 aliphatic carbocycles. The molecule has 7 aromatic carbocycles. The van der Waals surface area contributed by atoms with Crippen LogP contribution < -0.4 is 14.5 Å². The molecule has 0 radical (unpaired) electrons. The van der Waals surface area contributed by atoms with Gasteiger partial charge in [-0.15, -0.1) is 0 Å². The molecule has 0 bridgehead atoms. The third kappa shape index (κ3) is 3.69. The summed E-state index contributed by atoms with van der Waals surface area (Å²) in [7, 11) is 1.61. The van der Waals surface area contributed by atoms with Gasteiger partial charge in [0.1, 0.15) is 5.75 Å². The Balaban J connectivity index is 1.23. The minimum Gasteiger partial charge on any atom is -0.494 e. The third-order valence-electron chi connectivity index (χ3n) is 9.55. The van der Waals surface area contributed by atoms with Gasteiger partial charge in [-0.2, -0.15) is 0 Å². The van der Waals surface area contributed by atoms with Gasteiger partial charge in [-0.05, 0) is 105 Å². The summed E-state index contributed by atoms with van der Waals surface area (Å²) < 4.78 is 10.7. The van der Waals surface area contributed by atoms with E-state index in [4.69, 9.17) is 9.47 Å². The number of hydrogen-bond acceptors (Lipinski definition) is 6. The van der Waals surface area contributed by atoms with Crippen molar-refractivity contribution in [2.75, 3.05) is 23.5 Å². The van der Waals surface area contributed by atoms with Gasteiger partial charge in [-0.25, -0.2) is 9.80 Å². The maximum atomic E-state index is 14.0. The van der Waals surface area contributed by atoms with Crippen LogP contribution in [-0.2, 0) is 11.3 Å². The SMILES string of the molecule is CCOc1ccc(N2C(=O)c3ccc4c5ccc6c7c(ccc(c8ccc(c3c48)C2=O)c75)C(=O)N(c2ccc(COC)cc2)C6=O)cc1. The Labute approximate surface area is 274 Å². The number of nitrogens with zero attached hydrogens (tertiary/aromatic N) is 2. The van der Waals surface area contributed by atoms with Crippen LogP contribution >= 0.6 is 0 Å². The number of rotatable bonds is 6. The standard InChI is InChI=1S/C40H26N2O6/c1-3-48-24-10-8-23(9-11-24)42-39(45)31-18-14-27-25-12-16-29-35-30(38(44)41(37(29)43)22-6-4-21(5-7-22)20-47-2)17-13-26(33(25)35)28-15-19-32(40(42)46)36(31)34(27)28/h4-19H,3,20H2,1-2H3. The fourth-order valence-electron chi connectivity index (χ4n) is 7.50. The molecule has 0 unspecified atom stereocenters. The Bertz CT molecular complexity index is 2260. The number of carbonyl (C=O) groups excluding carboxylic acids is 4. The lowest BCUT2D eigenvalue weighted by atomic mass is 9.82. The van der Waals surface area contributed by atoms with Gasteiger partial charge in [0, 0.05) is 40.1 Å². The predicted molar refractivity (Wildman–Crippen MR) is 185 cm³/mol. The zero-order valence-electron chi connectivity index (χ0n) is 26.0. The molecule has 9 rings (SSSR count). The van der Waals surface area contributed by atoms with Gasteiger partial charge >= 0.3 is 0 Å². The van der Waals surface area contributed by atoms with Crippen LogP contribution in [0.25, 0.3) is 43.1 Å². The van der Waals surface area contributed by atoms with Gasteiger partial charge in [0.05, 0.1) is 24.6 Å². The molecule has 48 heavy (non-hydrogen) atoms. The van der Waals surface area contributed by atoms with E-state index in [0.717, 1.165) is 37.9 Å². The normalized spacial score (nSPS) is 14.4. The van der Waals surface area contributed by atoms with Gasteiger partial charge in [0.2, 0.25) is 0 Å². The van der Waals surface area contributed by atoms with Crippen LogP contribution in [0.2, 0.25) is 0 Å². The third-order valence-corrected chi connectivity index (χ3v) is 9.55. The number of amides is 4. The zero-order valence-corrected chi connectivity index (χ0v) is 26.0. The Hall–Kier alpha value is -6.12. The molecule has 0 fully saturated rings. The van der Waals surface area contributed by atoms with Gasteiger partial charge < -0.3 is 9.47 Å². The Morgan fingerprint density at radius 1 is 0.479 bits per heavy atom. The maximum absolute atomic E-state index is 14.0. The van der Waals surface area contributed by atoms with Crippen molar-refractivity contribution in [3.63, 3.8) is 0 Å². The second-order valence-corrected chi connectivity index (χ2v) is 12.1. The van der Waals surface area contributed by atoms with Gasteiger partial charge in [-0.1, -0.05) is 36.4 Å². The van der Waals surface area contributed by atoms with Crippen LogP contribution in [0.1, 0.15) is 53.9 Å². The van der Waals surface area contributed by atoms with Crippen LogP contribution in [0.4, 0.5) is 11.4 Å². The highest BCUT2D eigenvalue weighted by Gasteiger charge is 2.38. The summed E-state index contributed by atoms with van der Waals surface area (Å²) in [5.41, 5.74) is 3.64. The van der Waals surface area contributed by atoms with E-state index in [1.54, 1.807) is 67.8 Å². The van der Waals surface area contributed by atoms with Crippen LogP contribution in [0.5, 0.6) is 5.75 Å². The number of ether oxygens (including phenoxy) is 2. The molecule has 2 aliphatic heterocycles. The van der Waals surface area contributed by atoms with E-state index in [-0.39, 0.29) is 0 Å². The summed E-state index contributed by atoms with van der Waals surface area (Å²) in [5, 5.41) is 6.20. The summed E-state index contributed by atoms with van der Waals surface area (Å²) in [5.74, 6) is -0.927. The molecule has 8 nitrogen and oxygen atoms in total. The number of anilines is 2. The molecule has 2 aliphatic rings. The highest BCUT2D eigenvalue weighted by atomic mass is 16.5. The maximum Gasteiger partial charge on any atom is 0.265 e. The van der Waals surface area contributed by atoms with Gasteiger partial charge in [-0.3, -0.25) is 19.2 Å². The summed E-state index contributed by atoms with van der Waals surface area (Å²) >= 11 is 0. The molecule has 8 heteroatoms. The lowest BCUT2D eigenvalue weighted by Crippen LogP contribution is -2.40. The van der Waals surface area contributed by atoms with E-state index in [9.17, 15) is 19.2 Å². The molecule has 0 aromatic heterocycles. The van der Waals surface area contributed by atoms with E-state index in [2.05, 4.69) is 0 Å². The first kappa shape index (κ1) is 28.1. The van der Waals surface area contributed by atoms with E-state index in [1.165, 1.54) is 9.80 Å². The van der Waals surface area contributed by atoms with E-state index in [1.807, 2.05) is 43.3 Å². The largest absolute Gasteiger partial charge is 0.494 e. The highest BCUT2D eigenvalue weighted by molar-refractivity contribution is 6.45. The fraction of sp³-hybridized carbons (Fsp3) is 0.100. The average Bonchev–Trinajstić information content (AvgIpc) is 3.10. The lowest BCUT2D eigenvalue weighted by Gasteiger charge is -2.30. The summed E-state index contributed by atoms with van der Waals surface area (Å²) in [6, 6.07) is 28.8. The molecule has 0 saturated carbocycles. The van der Waals surface area contributed by atoms with Crippen LogP contribution in [-0.4, -0.2) is 37.3 Å². The zero-order chi connectivity index (χ0) is 32.8. The minimum atomic E-state index is -0.400. The number of methoxy groups -OCH3 is 1. The van der Waals surface area contributed by atoms with Crippen molar-refractivity contribution in [1.29, 1.82) is 0 Å². The Kier molecular flexibility index (Phi) is 5.97. The Morgan fingerprint density at radius 2 is 0.854 bits per heavy atom. The highest BCUT2D eigenvalue weighted by Crippen LogP contribution is 2.47. The second-order valence-electron chi connectivity index (χ2n) is 12.1. The summed E-state index contributed by atoms with van der Waals surface area (Å²) in [4.78, 5) is 58.4. The quantitative estimate of drug-likeness (QED) is 0.105. The molecular formula is C40H26N2O6. The number of benzene rings is 7. The average molecular weight is 631 g/mol. The molecule has 2 heterocycles. The van der Waals surface area contributed by atoms with Crippen molar-refractivity contribution in [1.82, 2.24) is 0 Å². The molecule has 0 atom stereocenters. The fourth-order valence-corrected chi connectivity index (χ4v) is 7.50. The van der Waals surface area contributed by atoms with Crippen LogP contribution in [0, 0.1) is 0 Å². The van der Waals surface area contributed by atoms with E-state index in [0.29, 0.717) is 63.4 Å². The molecule has 232 valence electrons. The second kappa shape index (κ2) is 10.2. The van der Waals surface area contributed by atoms with Crippen molar-refractivity contribution in [3.8, 4) is 5.75 Å². The Morgan fingerprint density at radius 3 is 1.21 bits per heavy atom. The smallest absolute Gasteiger partial charge is 0.265 e. The van der Waals surface area contributed by atoms with E-state index < -0.39 is 23.6 Å². The first-order chi connectivity index (χ1) is 23.4. The van der Waals surface area contributed by atoms with Crippen molar-refractivity contribution in [2.24, 2.45) is 0 Å². The van der Waals surface area contributed by atoms with Crippen LogP contribution in [0.3, 0.4) is 0 Å². The minimum absolute atomic E-state index is 0.391. The number of fused-ring (bicyclic) bond motifs is 2. The number of hydrogen-bond donors (Lipinski definition) is 0. The molecule has 0 saturated heterocycles. The molecule has 4 amide bonds. The molecule has 0 spiro atoms.